The van der Waals surface area contributed by atoms with E-state index in [1.165, 1.54) is 0 Å². The summed E-state index contributed by atoms with van der Waals surface area (Å²) < 4.78 is 5.40. The van der Waals surface area contributed by atoms with Crippen LogP contribution in [0.3, 0.4) is 0 Å². The number of carbonyl (C=O) groups excluding carboxylic acids is 2. The molecule has 7 nitrogen and oxygen atoms in total. The zero-order valence-corrected chi connectivity index (χ0v) is 19.2. The Morgan fingerprint density at radius 3 is 2.37 bits per heavy atom. The number of anilines is 2. The summed E-state index contributed by atoms with van der Waals surface area (Å²) in [6.07, 6.45) is 0.978. The topological polar surface area (TPSA) is 73.9 Å². The molecule has 1 aliphatic heterocycles. The van der Waals surface area contributed by atoms with Crippen LogP contribution in [-0.4, -0.2) is 68.7 Å². The number of hydrogen-bond donors (Lipinski definition) is 2. The Bertz CT molecular complexity index is 698. The highest BCUT2D eigenvalue weighted by atomic mass is 16.5. The van der Waals surface area contributed by atoms with Gasteiger partial charge in [-0.05, 0) is 56.1 Å². The number of rotatable bonds is 9. The maximum atomic E-state index is 12.4. The monoisotopic (exact) mass is 418 g/mol. The third-order valence-electron chi connectivity index (χ3n) is 5.61. The molecule has 1 unspecified atom stereocenters. The molecule has 0 spiro atoms. The number of carbonyl (C=O) groups is 2. The summed E-state index contributed by atoms with van der Waals surface area (Å²) in [5.41, 5.74) is 2.70. The van der Waals surface area contributed by atoms with Gasteiger partial charge in [-0.1, -0.05) is 27.7 Å². The van der Waals surface area contributed by atoms with Gasteiger partial charge in [-0.3, -0.25) is 14.5 Å². The molecule has 2 amide bonds. The third-order valence-corrected chi connectivity index (χ3v) is 5.61. The van der Waals surface area contributed by atoms with E-state index in [0.717, 1.165) is 57.1 Å². The van der Waals surface area contributed by atoms with Gasteiger partial charge < -0.3 is 20.3 Å². The summed E-state index contributed by atoms with van der Waals surface area (Å²) in [6.45, 7) is 16.0. The molecule has 2 rings (SSSR count). The molecule has 1 aromatic rings. The minimum Gasteiger partial charge on any atom is -0.378 e. The number of benzene rings is 1. The van der Waals surface area contributed by atoms with Gasteiger partial charge in [0.1, 0.15) is 0 Å². The van der Waals surface area contributed by atoms with Crippen LogP contribution >= 0.6 is 0 Å². The molecule has 1 fully saturated rings. The van der Waals surface area contributed by atoms with Crippen molar-refractivity contribution in [2.75, 3.05) is 56.2 Å². The molecule has 7 heteroatoms. The quantitative estimate of drug-likeness (QED) is 0.603. The first kappa shape index (κ1) is 24.2. The van der Waals surface area contributed by atoms with Crippen LogP contribution in [0, 0.1) is 12.8 Å². The highest BCUT2D eigenvalue weighted by Crippen LogP contribution is 2.23. The predicted molar refractivity (Wildman–Crippen MR) is 122 cm³/mol. The summed E-state index contributed by atoms with van der Waals surface area (Å²) >= 11 is 0. The van der Waals surface area contributed by atoms with Crippen molar-refractivity contribution < 1.29 is 14.3 Å². The molecular formula is C23H38N4O3. The molecular weight excluding hydrogens is 380 g/mol. The highest BCUT2D eigenvalue weighted by Gasteiger charge is 2.21. The van der Waals surface area contributed by atoms with Crippen molar-refractivity contribution >= 4 is 23.2 Å². The molecule has 0 bridgehead atoms. The maximum absolute atomic E-state index is 12.4. The van der Waals surface area contributed by atoms with Crippen LogP contribution in [0.5, 0.6) is 0 Å². The zero-order chi connectivity index (χ0) is 22.1. The predicted octanol–water partition coefficient (Wildman–Crippen LogP) is 2.64. The van der Waals surface area contributed by atoms with Gasteiger partial charge in [-0.15, -0.1) is 0 Å². The van der Waals surface area contributed by atoms with E-state index in [2.05, 4.69) is 48.1 Å². The second kappa shape index (κ2) is 11.9. The van der Waals surface area contributed by atoms with Crippen LogP contribution in [0.4, 0.5) is 11.4 Å². The van der Waals surface area contributed by atoms with E-state index in [-0.39, 0.29) is 6.04 Å². The van der Waals surface area contributed by atoms with Crippen LogP contribution < -0.4 is 15.5 Å². The van der Waals surface area contributed by atoms with Crippen molar-refractivity contribution in [1.29, 1.82) is 0 Å². The SMILES string of the molecule is CCN(CC)C(CNC(=O)C(=O)Nc1ccc(N2CCOCC2)cc1C)CC(C)C. The number of nitrogens with one attached hydrogen (secondary N) is 2. The first-order valence-electron chi connectivity index (χ1n) is 11.1. The number of likely N-dealkylation sites (N-methyl/N-ethyl adjacent to an activating group) is 1. The van der Waals surface area contributed by atoms with Crippen LogP contribution in [-0.2, 0) is 14.3 Å². The van der Waals surface area contributed by atoms with Gasteiger partial charge in [0.25, 0.3) is 0 Å². The lowest BCUT2D eigenvalue weighted by atomic mass is 10.0. The van der Waals surface area contributed by atoms with Gasteiger partial charge in [0, 0.05) is 37.1 Å². The lowest BCUT2D eigenvalue weighted by Gasteiger charge is -2.31. The van der Waals surface area contributed by atoms with E-state index in [0.29, 0.717) is 18.2 Å². The molecule has 0 radical (unpaired) electrons. The number of morpholine rings is 1. The second-order valence-corrected chi connectivity index (χ2v) is 8.27. The standard InChI is InChI=1S/C23H38N4O3/c1-6-26(7-2)20(14-17(3)4)16-24-22(28)23(29)25-21-9-8-19(15-18(21)5)27-10-12-30-13-11-27/h8-9,15,17,20H,6-7,10-14,16H2,1-5H3,(H,24,28)(H,25,29). The lowest BCUT2D eigenvalue weighted by molar-refractivity contribution is -0.136. The number of nitrogens with zero attached hydrogens (tertiary/aromatic N) is 2. The Balaban J connectivity index is 1.93. The molecule has 1 aliphatic rings. The van der Waals surface area contributed by atoms with Crippen molar-refractivity contribution in [2.24, 2.45) is 5.92 Å². The summed E-state index contributed by atoms with van der Waals surface area (Å²) in [5.74, 6) is -0.693. The third kappa shape index (κ3) is 6.99. The van der Waals surface area contributed by atoms with E-state index in [4.69, 9.17) is 4.74 Å². The van der Waals surface area contributed by atoms with Crippen LogP contribution in [0.25, 0.3) is 0 Å². The van der Waals surface area contributed by atoms with Gasteiger partial charge in [0.15, 0.2) is 0 Å². The Labute approximate surface area is 181 Å². The van der Waals surface area contributed by atoms with Gasteiger partial charge in [0.2, 0.25) is 0 Å². The van der Waals surface area contributed by atoms with Crippen molar-refractivity contribution in [3.05, 3.63) is 23.8 Å². The molecule has 1 saturated heterocycles. The number of ether oxygens (including phenoxy) is 1. The van der Waals surface area contributed by atoms with E-state index >= 15 is 0 Å². The zero-order valence-electron chi connectivity index (χ0n) is 19.2. The second-order valence-electron chi connectivity index (χ2n) is 8.27. The molecule has 30 heavy (non-hydrogen) atoms. The fourth-order valence-electron chi connectivity index (χ4n) is 3.92. The van der Waals surface area contributed by atoms with Gasteiger partial charge in [-0.2, -0.15) is 0 Å². The molecule has 0 saturated carbocycles. The summed E-state index contributed by atoms with van der Waals surface area (Å²) in [6, 6.07) is 6.11. The highest BCUT2D eigenvalue weighted by molar-refractivity contribution is 6.39. The number of hydrogen-bond acceptors (Lipinski definition) is 5. The summed E-state index contributed by atoms with van der Waals surface area (Å²) in [7, 11) is 0. The summed E-state index contributed by atoms with van der Waals surface area (Å²) in [5, 5.41) is 5.58. The Hall–Kier alpha value is -2.12. The molecule has 1 atom stereocenters. The van der Waals surface area contributed by atoms with Crippen molar-refractivity contribution in [3.63, 3.8) is 0 Å². The lowest BCUT2D eigenvalue weighted by Crippen LogP contribution is -2.46. The van der Waals surface area contributed by atoms with Gasteiger partial charge >= 0.3 is 11.8 Å². The van der Waals surface area contributed by atoms with E-state index < -0.39 is 11.8 Å². The fraction of sp³-hybridized carbons (Fsp3) is 0.652. The molecule has 2 N–H and O–H groups in total. The first-order chi connectivity index (χ1) is 14.3. The Morgan fingerprint density at radius 1 is 1.13 bits per heavy atom. The van der Waals surface area contributed by atoms with Crippen molar-refractivity contribution in [1.82, 2.24) is 10.2 Å². The minimum absolute atomic E-state index is 0.228. The summed E-state index contributed by atoms with van der Waals surface area (Å²) in [4.78, 5) is 29.4. The average molecular weight is 419 g/mol. The average Bonchev–Trinajstić information content (AvgIpc) is 2.74. The van der Waals surface area contributed by atoms with Gasteiger partial charge in [-0.25, -0.2) is 0 Å². The first-order valence-corrected chi connectivity index (χ1v) is 11.1. The number of aryl methyl sites for hydroxylation is 1. The van der Waals surface area contributed by atoms with Gasteiger partial charge in [0.05, 0.1) is 13.2 Å². The largest absolute Gasteiger partial charge is 0.378 e. The van der Waals surface area contributed by atoms with Crippen LogP contribution in [0.1, 0.15) is 39.7 Å². The Morgan fingerprint density at radius 2 is 1.80 bits per heavy atom. The smallest absolute Gasteiger partial charge is 0.313 e. The van der Waals surface area contributed by atoms with E-state index in [9.17, 15) is 9.59 Å². The molecule has 168 valence electrons. The van der Waals surface area contributed by atoms with E-state index in [1.54, 1.807) is 0 Å². The minimum atomic E-state index is -0.625. The number of amides is 2. The van der Waals surface area contributed by atoms with Crippen LogP contribution in [0.15, 0.2) is 18.2 Å². The maximum Gasteiger partial charge on any atom is 0.313 e. The normalized spacial score (nSPS) is 15.4. The Kier molecular flexibility index (Phi) is 9.59. The molecule has 1 heterocycles. The molecule has 0 aromatic heterocycles. The van der Waals surface area contributed by atoms with E-state index in [1.807, 2.05) is 25.1 Å². The molecule has 0 aliphatic carbocycles. The van der Waals surface area contributed by atoms with Crippen molar-refractivity contribution in [2.45, 2.75) is 47.1 Å². The van der Waals surface area contributed by atoms with Crippen LogP contribution in [0.2, 0.25) is 0 Å². The molecule has 1 aromatic carbocycles. The fourth-order valence-corrected chi connectivity index (χ4v) is 3.92. The van der Waals surface area contributed by atoms with Crippen molar-refractivity contribution in [3.8, 4) is 0 Å².